The maximum absolute atomic E-state index is 13.2. The van der Waals surface area contributed by atoms with Crippen LogP contribution in [0.15, 0.2) is 39.8 Å². The maximum Gasteiger partial charge on any atom is 0.343 e. The van der Waals surface area contributed by atoms with Crippen molar-refractivity contribution in [1.82, 2.24) is 4.98 Å². The zero-order valence-electron chi connectivity index (χ0n) is 22.9. The van der Waals surface area contributed by atoms with E-state index < -0.39 is 11.0 Å². The minimum Gasteiger partial charge on any atom is -0.487 e. The van der Waals surface area contributed by atoms with E-state index in [0.29, 0.717) is 36.3 Å². The highest BCUT2D eigenvalue weighted by molar-refractivity contribution is 5.69. The summed E-state index contributed by atoms with van der Waals surface area (Å²) in [5, 5.41) is 0. The van der Waals surface area contributed by atoms with Crippen LogP contribution in [0, 0.1) is 22.7 Å². The lowest BCUT2D eigenvalue weighted by molar-refractivity contribution is -0.219. The quantitative estimate of drug-likeness (QED) is 0.498. The van der Waals surface area contributed by atoms with Gasteiger partial charge in [0.25, 0.3) is 0 Å². The molecular formula is C30H37NO7. The molecule has 0 N–H and O–H groups in total. The molecule has 1 aliphatic heterocycles. The van der Waals surface area contributed by atoms with Crippen LogP contribution in [-0.2, 0) is 25.5 Å². The van der Waals surface area contributed by atoms with Gasteiger partial charge >= 0.3 is 17.6 Å². The van der Waals surface area contributed by atoms with Gasteiger partial charge in [-0.3, -0.25) is 14.6 Å². The first kappa shape index (κ1) is 26.4. The van der Waals surface area contributed by atoms with Gasteiger partial charge in [0.15, 0.2) is 0 Å². The number of hydrogen-bond acceptors (Lipinski definition) is 8. The Morgan fingerprint density at radius 2 is 1.95 bits per heavy atom. The number of carbonyl (C=O) groups excluding carboxylic acids is 2. The van der Waals surface area contributed by atoms with Gasteiger partial charge < -0.3 is 18.6 Å². The predicted octanol–water partition coefficient (Wildman–Crippen LogP) is 5.11. The molecule has 0 radical (unpaired) electrons. The molecular weight excluding hydrogens is 486 g/mol. The molecule has 6 atom stereocenters. The van der Waals surface area contributed by atoms with Crippen molar-refractivity contribution in [2.45, 2.75) is 84.8 Å². The van der Waals surface area contributed by atoms with Crippen LogP contribution in [0.2, 0.25) is 0 Å². The zero-order chi connectivity index (χ0) is 27.3. The Balaban J connectivity index is 1.51. The third-order valence-corrected chi connectivity index (χ3v) is 9.58. The van der Waals surface area contributed by atoms with E-state index in [4.69, 9.17) is 18.6 Å². The van der Waals surface area contributed by atoms with E-state index in [1.54, 1.807) is 25.4 Å². The van der Waals surface area contributed by atoms with E-state index in [0.717, 1.165) is 24.8 Å². The lowest BCUT2D eigenvalue weighted by atomic mass is 9.43. The standard InChI is InChI=1S/C30H37NO7/c1-6-26(33)35-17-29(4)23-9-12-30(5)24(28(23,3)11-10-25(29)36-18(2)32)14-20-22(38-30)15-21(37-27(20)34)19-8-7-13-31-16-19/h7-8,13,15-16,23-25H,6,9-12,14,17H2,1-5H3/t23-,24-,25+,28+,29+,30-/m1/s1. The molecule has 5 rings (SSSR count). The topological polar surface area (TPSA) is 105 Å². The van der Waals surface area contributed by atoms with Crippen LogP contribution in [0.5, 0.6) is 5.75 Å². The van der Waals surface area contributed by atoms with Crippen molar-refractivity contribution in [3.8, 4) is 17.1 Å². The van der Waals surface area contributed by atoms with Gasteiger partial charge in [0.05, 0.1) is 5.56 Å². The van der Waals surface area contributed by atoms with Crippen LogP contribution in [0.3, 0.4) is 0 Å². The van der Waals surface area contributed by atoms with Crippen molar-refractivity contribution < 1.29 is 28.2 Å². The molecule has 38 heavy (non-hydrogen) atoms. The molecule has 3 aliphatic rings. The fourth-order valence-electron chi connectivity index (χ4n) is 7.68. The minimum atomic E-state index is -0.556. The van der Waals surface area contributed by atoms with Gasteiger partial charge in [-0.15, -0.1) is 0 Å². The van der Waals surface area contributed by atoms with Crippen molar-refractivity contribution >= 4 is 11.9 Å². The number of nitrogens with zero attached hydrogens (tertiary/aromatic N) is 1. The van der Waals surface area contributed by atoms with E-state index in [1.165, 1.54) is 6.92 Å². The summed E-state index contributed by atoms with van der Waals surface area (Å²) in [7, 11) is 0. The van der Waals surface area contributed by atoms with E-state index >= 15 is 0 Å². The van der Waals surface area contributed by atoms with E-state index in [2.05, 4.69) is 25.8 Å². The van der Waals surface area contributed by atoms with Gasteiger partial charge in [0, 0.05) is 48.7 Å². The highest BCUT2D eigenvalue weighted by atomic mass is 16.6. The molecule has 2 saturated carbocycles. The van der Waals surface area contributed by atoms with Crippen LogP contribution in [-0.4, -0.2) is 35.2 Å². The van der Waals surface area contributed by atoms with Crippen LogP contribution in [0.4, 0.5) is 0 Å². The van der Waals surface area contributed by atoms with Crippen molar-refractivity contribution in [1.29, 1.82) is 0 Å². The molecule has 0 bridgehead atoms. The number of fused-ring (bicyclic) bond motifs is 4. The highest BCUT2D eigenvalue weighted by Crippen LogP contribution is 2.65. The summed E-state index contributed by atoms with van der Waals surface area (Å²) in [6.45, 7) is 9.88. The van der Waals surface area contributed by atoms with E-state index in [1.807, 2.05) is 12.1 Å². The molecule has 2 fully saturated rings. The second-order valence-electron chi connectivity index (χ2n) is 11.9. The Bertz CT molecular complexity index is 1290. The van der Waals surface area contributed by atoms with E-state index in [9.17, 15) is 14.4 Å². The van der Waals surface area contributed by atoms with Gasteiger partial charge in [0.2, 0.25) is 0 Å². The predicted molar refractivity (Wildman–Crippen MR) is 139 cm³/mol. The fraction of sp³-hybridized carbons (Fsp3) is 0.600. The molecule has 204 valence electrons. The Kier molecular flexibility index (Phi) is 6.64. The largest absolute Gasteiger partial charge is 0.487 e. The summed E-state index contributed by atoms with van der Waals surface area (Å²) in [6.07, 6.45) is 6.88. The lowest BCUT2D eigenvalue weighted by Gasteiger charge is -2.64. The van der Waals surface area contributed by atoms with Crippen molar-refractivity contribution in [2.24, 2.45) is 22.7 Å². The van der Waals surface area contributed by atoms with Gasteiger partial charge in [-0.25, -0.2) is 4.79 Å². The van der Waals surface area contributed by atoms with Crippen molar-refractivity contribution in [2.75, 3.05) is 6.61 Å². The first-order valence-corrected chi connectivity index (χ1v) is 13.6. The molecule has 8 nitrogen and oxygen atoms in total. The number of carbonyl (C=O) groups is 2. The zero-order valence-corrected chi connectivity index (χ0v) is 22.9. The van der Waals surface area contributed by atoms with Crippen molar-refractivity contribution in [3.63, 3.8) is 0 Å². The molecule has 0 saturated heterocycles. The summed E-state index contributed by atoms with van der Waals surface area (Å²) in [4.78, 5) is 41.5. The summed E-state index contributed by atoms with van der Waals surface area (Å²) >= 11 is 0. The van der Waals surface area contributed by atoms with Gasteiger partial charge in [0.1, 0.15) is 29.8 Å². The number of aromatic nitrogens is 1. The lowest BCUT2D eigenvalue weighted by Crippen LogP contribution is -2.65. The van der Waals surface area contributed by atoms with Crippen LogP contribution < -0.4 is 10.4 Å². The molecule has 0 unspecified atom stereocenters. The Morgan fingerprint density at radius 3 is 2.63 bits per heavy atom. The number of esters is 2. The molecule has 0 spiro atoms. The van der Waals surface area contributed by atoms with Crippen LogP contribution >= 0.6 is 0 Å². The molecule has 0 aromatic carbocycles. The SMILES string of the molecule is CCC(=O)OC[C@@]1(C)[C@@H]2CC[C@@]3(C)Oc4cc(-c5cccnc5)oc(=O)c4C[C@@H]3[C@@]2(C)CC[C@@H]1OC(C)=O. The molecule has 2 aliphatic carbocycles. The summed E-state index contributed by atoms with van der Waals surface area (Å²) in [6, 6.07) is 5.47. The Hall–Kier alpha value is -3.16. The monoisotopic (exact) mass is 523 g/mol. The van der Waals surface area contributed by atoms with Gasteiger partial charge in [-0.2, -0.15) is 0 Å². The number of pyridine rings is 1. The molecule has 0 amide bonds. The summed E-state index contributed by atoms with van der Waals surface area (Å²) < 4.78 is 24.0. The third kappa shape index (κ3) is 4.31. The summed E-state index contributed by atoms with van der Waals surface area (Å²) in [5.74, 6) is 0.558. The summed E-state index contributed by atoms with van der Waals surface area (Å²) in [5.41, 5.74) is -0.373. The molecule has 3 heterocycles. The Morgan fingerprint density at radius 1 is 1.16 bits per heavy atom. The number of ether oxygens (including phenoxy) is 3. The second-order valence-corrected chi connectivity index (χ2v) is 11.9. The second kappa shape index (κ2) is 9.54. The highest BCUT2D eigenvalue weighted by Gasteiger charge is 2.65. The van der Waals surface area contributed by atoms with E-state index in [-0.39, 0.29) is 47.5 Å². The minimum absolute atomic E-state index is 0.0351. The van der Waals surface area contributed by atoms with Gasteiger partial charge in [-0.1, -0.05) is 20.8 Å². The average molecular weight is 524 g/mol. The Labute approximate surface area is 223 Å². The first-order valence-electron chi connectivity index (χ1n) is 13.6. The van der Waals surface area contributed by atoms with Crippen molar-refractivity contribution in [3.05, 3.63) is 46.6 Å². The third-order valence-electron chi connectivity index (χ3n) is 9.58. The average Bonchev–Trinajstić information content (AvgIpc) is 2.88. The van der Waals surface area contributed by atoms with Crippen LogP contribution in [0.25, 0.3) is 11.3 Å². The normalized spacial score (nSPS) is 33.7. The molecule has 2 aromatic heterocycles. The first-order chi connectivity index (χ1) is 18.0. The number of rotatable bonds is 5. The molecule has 8 heteroatoms. The fourth-order valence-corrected chi connectivity index (χ4v) is 7.68. The molecule has 2 aromatic rings. The smallest absolute Gasteiger partial charge is 0.343 e. The maximum atomic E-state index is 13.2. The number of hydrogen-bond donors (Lipinski definition) is 0. The van der Waals surface area contributed by atoms with Crippen LogP contribution in [0.1, 0.15) is 72.3 Å². The van der Waals surface area contributed by atoms with Gasteiger partial charge in [-0.05, 0) is 62.5 Å².